The third-order valence-electron chi connectivity index (χ3n) is 1.66. The first kappa shape index (κ1) is 13.1. The average molecular weight is 242 g/mol. The molecule has 0 aromatic carbocycles. The molecule has 0 radical (unpaired) electrons. The molecule has 5 heteroatoms. The number of ether oxygens (including phenoxy) is 1. The first-order valence-corrected chi connectivity index (χ1v) is 6.02. The number of carbonyl (C=O) groups excluding carboxylic acids is 1. The van der Waals surface area contributed by atoms with Gasteiger partial charge < -0.3 is 10.1 Å². The number of nitrogens with zero attached hydrogens (tertiary/aromatic N) is 1. The zero-order valence-corrected chi connectivity index (χ0v) is 11.0. The second-order valence-electron chi connectivity index (χ2n) is 4.54. The molecule has 0 aliphatic carbocycles. The van der Waals surface area contributed by atoms with E-state index in [0.29, 0.717) is 6.54 Å². The number of esters is 1. The SMILES string of the molecule is Cc1ncc(CNCC(=O)OC(C)(C)C)s1. The van der Waals surface area contributed by atoms with Crippen LogP contribution in [0.2, 0.25) is 0 Å². The normalized spacial score (nSPS) is 11.5. The summed E-state index contributed by atoms with van der Waals surface area (Å²) in [5.41, 5.74) is -0.417. The fraction of sp³-hybridized carbons (Fsp3) is 0.636. The summed E-state index contributed by atoms with van der Waals surface area (Å²) in [7, 11) is 0. The average Bonchev–Trinajstić information content (AvgIpc) is 2.48. The topological polar surface area (TPSA) is 51.2 Å². The van der Waals surface area contributed by atoms with Crippen molar-refractivity contribution in [2.75, 3.05) is 6.54 Å². The second-order valence-corrected chi connectivity index (χ2v) is 5.85. The lowest BCUT2D eigenvalue weighted by Crippen LogP contribution is -2.31. The van der Waals surface area contributed by atoms with Crippen molar-refractivity contribution in [2.24, 2.45) is 0 Å². The summed E-state index contributed by atoms with van der Waals surface area (Å²) in [6, 6.07) is 0. The Morgan fingerprint density at radius 2 is 2.25 bits per heavy atom. The molecule has 0 aliphatic heterocycles. The van der Waals surface area contributed by atoms with E-state index in [-0.39, 0.29) is 12.5 Å². The Labute approximate surface area is 100 Å². The predicted molar refractivity (Wildman–Crippen MR) is 64.4 cm³/mol. The molecule has 1 aromatic rings. The van der Waals surface area contributed by atoms with Crippen LogP contribution in [0.3, 0.4) is 0 Å². The van der Waals surface area contributed by atoms with Crippen LogP contribution in [0.25, 0.3) is 0 Å². The van der Waals surface area contributed by atoms with Crippen molar-refractivity contribution in [3.8, 4) is 0 Å². The molecule has 1 N–H and O–H groups in total. The third-order valence-corrected chi connectivity index (χ3v) is 2.57. The molecule has 1 rings (SSSR count). The van der Waals surface area contributed by atoms with E-state index in [4.69, 9.17) is 4.74 Å². The van der Waals surface area contributed by atoms with Crippen LogP contribution < -0.4 is 5.32 Å². The Hall–Kier alpha value is -0.940. The molecular formula is C11H18N2O2S. The maximum absolute atomic E-state index is 11.4. The summed E-state index contributed by atoms with van der Waals surface area (Å²) in [5.74, 6) is -0.228. The summed E-state index contributed by atoms with van der Waals surface area (Å²) in [4.78, 5) is 16.6. The van der Waals surface area contributed by atoms with Gasteiger partial charge in [-0.3, -0.25) is 4.79 Å². The van der Waals surface area contributed by atoms with Crippen LogP contribution in [-0.2, 0) is 16.1 Å². The van der Waals surface area contributed by atoms with E-state index in [2.05, 4.69) is 10.3 Å². The van der Waals surface area contributed by atoms with Crippen molar-refractivity contribution in [2.45, 2.75) is 39.8 Å². The van der Waals surface area contributed by atoms with Crippen molar-refractivity contribution in [3.63, 3.8) is 0 Å². The third kappa shape index (κ3) is 5.23. The van der Waals surface area contributed by atoms with Gasteiger partial charge in [0.1, 0.15) is 5.60 Å². The molecule has 16 heavy (non-hydrogen) atoms. The lowest BCUT2D eigenvalue weighted by Gasteiger charge is -2.19. The van der Waals surface area contributed by atoms with Crippen LogP contribution in [0, 0.1) is 6.92 Å². The van der Waals surface area contributed by atoms with Crippen LogP contribution in [0.5, 0.6) is 0 Å². The van der Waals surface area contributed by atoms with E-state index in [1.54, 1.807) is 11.3 Å². The minimum absolute atomic E-state index is 0.228. The summed E-state index contributed by atoms with van der Waals surface area (Å²) < 4.78 is 5.17. The molecule has 0 spiro atoms. The van der Waals surface area contributed by atoms with Gasteiger partial charge >= 0.3 is 5.97 Å². The number of rotatable bonds is 4. The second kappa shape index (κ2) is 5.41. The zero-order chi connectivity index (χ0) is 12.2. The minimum atomic E-state index is -0.417. The Morgan fingerprint density at radius 1 is 1.56 bits per heavy atom. The van der Waals surface area contributed by atoms with Crippen molar-refractivity contribution in [1.29, 1.82) is 0 Å². The van der Waals surface area contributed by atoms with Gasteiger partial charge in [0.15, 0.2) is 0 Å². The molecule has 1 aromatic heterocycles. The van der Waals surface area contributed by atoms with Crippen LogP contribution in [-0.4, -0.2) is 23.1 Å². The molecule has 0 bridgehead atoms. The number of hydrogen-bond acceptors (Lipinski definition) is 5. The highest BCUT2D eigenvalue weighted by Gasteiger charge is 2.15. The van der Waals surface area contributed by atoms with Crippen molar-refractivity contribution < 1.29 is 9.53 Å². The molecule has 0 fully saturated rings. The number of carbonyl (C=O) groups is 1. The molecule has 0 unspecified atom stereocenters. The highest BCUT2D eigenvalue weighted by atomic mass is 32.1. The number of aromatic nitrogens is 1. The molecule has 4 nitrogen and oxygen atoms in total. The van der Waals surface area contributed by atoms with Crippen molar-refractivity contribution in [1.82, 2.24) is 10.3 Å². The molecule has 1 heterocycles. The number of thiazole rings is 1. The van der Waals surface area contributed by atoms with Crippen molar-refractivity contribution in [3.05, 3.63) is 16.1 Å². The maximum Gasteiger partial charge on any atom is 0.320 e. The van der Waals surface area contributed by atoms with Crippen LogP contribution in [0.4, 0.5) is 0 Å². The standard InChI is InChI=1S/C11H18N2O2S/c1-8-13-6-9(16-8)5-12-7-10(14)15-11(2,3)4/h6,12H,5,7H2,1-4H3. The zero-order valence-electron chi connectivity index (χ0n) is 10.2. The van der Waals surface area contributed by atoms with E-state index < -0.39 is 5.60 Å². The van der Waals surface area contributed by atoms with Gasteiger partial charge in [0.2, 0.25) is 0 Å². The predicted octanol–water partition coefficient (Wildman–Crippen LogP) is 1.88. The van der Waals surface area contributed by atoms with E-state index >= 15 is 0 Å². The fourth-order valence-corrected chi connectivity index (χ4v) is 1.92. The summed E-state index contributed by atoms with van der Waals surface area (Å²) in [5, 5.41) is 4.07. The van der Waals surface area contributed by atoms with Gasteiger partial charge in [0, 0.05) is 17.6 Å². The van der Waals surface area contributed by atoms with Crippen molar-refractivity contribution >= 4 is 17.3 Å². The molecule has 90 valence electrons. The number of aryl methyl sites for hydroxylation is 1. The first-order chi connectivity index (χ1) is 7.37. The Bertz CT molecular complexity index is 355. The van der Waals surface area contributed by atoms with Gasteiger partial charge in [-0.05, 0) is 27.7 Å². The molecule has 0 atom stereocenters. The molecule has 0 amide bonds. The highest BCUT2D eigenvalue weighted by molar-refractivity contribution is 7.11. The van der Waals surface area contributed by atoms with Crippen LogP contribution in [0.15, 0.2) is 6.20 Å². The minimum Gasteiger partial charge on any atom is -0.459 e. The Kier molecular flexibility index (Phi) is 4.44. The van der Waals surface area contributed by atoms with E-state index in [9.17, 15) is 4.79 Å². The fourth-order valence-electron chi connectivity index (χ4n) is 1.15. The molecular weight excluding hydrogens is 224 g/mol. The Morgan fingerprint density at radius 3 is 2.75 bits per heavy atom. The van der Waals surface area contributed by atoms with E-state index in [0.717, 1.165) is 9.88 Å². The smallest absolute Gasteiger partial charge is 0.320 e. The first-order valence-electron chi connectivity index (χ1n) is 5.21. The highest BCUT2D eigenvalue weighted by Crippen LogP contribution is 2.10. The monoisotopic (exact) mass is 242 g/mol. The summed E-state index contributed by atoms with van der Waals surface area (Å²) >= 11 is 1.63. The van der Waals surface area contributed by atoms with Gasteiger partial charge in [-0.2, -0.15) is 0 Å². The van der Waals surface area contributed by atoms with E-state index in [1.807, 2.05) is 33.9 Å². The van der Waals surface area contributed by atoms with Gasteiger partial charge in [-0.25, -0.2) is 4.98 Å². The number of hydrogen-bond donors (Lipinski definition) is 1. The van der Waals surface area contributed by atoms with Crippen LogP contribution >= 0.6 is 11.3 Å². The molecule has 0 saturated carbocycles. The van der Waals surface area contributed by atoms with Gasteiger partial charge in [-0.1, -0.05) is 0 Å². The summed E-state index contributed by atoms with van der Waals surface area (Å²) in [6.07, 6.45) is 1.82. The lowest BCUT2D eigenvalue weighted by atomic mass is 10.2. The number of nitrogens with one attached hydrogen (secondary N) is 1. The largest absolute Gasteiger partial charge is 0.459 e. The summed E-state index contributed by atoms with van der Waals surface area (Å²) in [6.45, 7) is 8.42. The quantitative estimate of drug-likeness (QED) is 0.819. The van der Waals surface area contributed by atoms with Crippen LogP contribution in [0.1, 0.15) is 30.7 Å². The van der Waals surface area contributed by atoms with Gasteiger partial charge in [0.25, 0.3) is 0 Å². The van der Waals surface area contributed by atoms with E-state index in [1.165, 1.54) is 0 Å². The lowest BCUT2D eigenvalue weighted by molar-refractivity contribution is -0.153. The van der Waals surface area contributed by atoms with Gasteiger partial charge in [0.05, 0.1) is 11.6 Å². The molecule has 0 saturated heterocycles. The maximum atomic E-state index is 11.4. The molecule has 0 aliphatic rings. The Balaban J connectivity index is 2.23. The van der Waals surface area contributed by atoms with Gasteiger partial charge in [-0.15, -0.1) is 11.3 Å².